The van der Waals surface area contributed by atoms with Gasteiger partial charge in [-0.15, -0.1) is 0 Å². The summed E-state index contributed by atoms with van der Waals surface area (Å²) >= 11 is 6.02. The van der Waals surface area contributed by atoms with E-state index >= 15 is 0 Å². The highest BCUT2D eigenvalue weighted by Crippen LogP contribution is 2.28. The number of hydrogen-bond acceptors (Lipinski definition) is 2. The number of rotatable bonds is 3. The summed E-state index contributed by atoms with van der Waals surface area (Å²) in [4.78, 5) is 12.0. The Balaban J connectivity index is 1.78. The molecule has 0 N–H and O–H groups in total. The molecule has 0 bridgehead atoms. The average Bonchev–Trinajstić information content (AvgIpc) is 3.15. The van der Waals surface area contributed by atoms with E-state index in [1.807, 2.05) is 22.9 Å². The van der Waals surface area contributed by atoms with Gasteiger partial charge in [-0.3, -0.25) is 4.79 Å². The molecule has 1 aliphatic carbocycles. The van der Waals surface area contributed by atoms with Crippen LogP contribution in [0.2, 0.25) is 5.02 Å². The van der Waals surface area contributed by atoms with Crippen molar-refractivity contribution in [2.45, 2.75) is 25.8 Å². The van der Waals surface area contributed by atoms with E-state index in [9.17, 15) is 4.79 Å². The first kappa shape index (κ1) is 14.3. The van der Waals surface area contributed by atoms with Crippen LogP contribution in [0.25, 0.3) is 5.69 Å². The van der Waals surface area contributed by atoms with Crippen LogP contribution >= 0.6 is 11.6 Å². The maximum atomic E-state index is 12.0. The van der Waals surface area contributed by atoms with Crippen LogP contribution in [0.1, 0.15) is 23.4 Å². The highest BCUT2D eigenvalue weighted by Gasteiger charge is 2.23. The lowest BCUT2D eigenvalue weighted by atomic mass is 10.2. The summed E-state index contributed by atoms with van der Waals surface area (Å²) in [6.07, 6.45) is 4.86. The zero-order valence-corrected chi connectivity index (χ0v) is 13.3. The van der Waals surface area contributed by atoms with Gasteiger partial charge >= 0.3 is 0 Å². The fourth-order valence-corrected chi connectivity index (χ4v) is 3.39. The number of fused-ring (bicyclic) bond motifs is 1. The number of hydrogen-bond donors (Lipinski definition) is 0. The molecule has 23 heavy (non-hydrogen) atoms. The zero-order valence-electron chi connectivity index (χ0n) is 12.6. The number of para-hydroxylation sites is 1. The highest BCUT2D eigenvalue weighted by molar-refractivity contribution is 6.30. The Morgan fingerprint density at radius 2 is 1.91 bits per heavy atom. The minimum atomic E-state index is -0.0598. The predicted octanol–water partition coefficient (Wildman–Crippen LogP) is 3.22. The fraction of sp³-hybridized carbons (Fsp3) is 0.222. The lowest BCUT2D eigenvalue weighted by Crippen LogP contribution is -2.19. The van der Waals surface area contributed by atoms with Gasteiger partial charge in [-0.05, 0) is 43.0 Å². The molecule has 0 spiro atoms. The summed E-state index contributed by atoms with van der Waals surface area (Å²) in [7, 11) is 0. The molecule has 0 atom stereocenters. The second-order valence-electron chi connectivity index (χ2n) is 5.79. The molecule has 4 rings (SSSR count). The van der Waals surface area contributed by atoms with Crippen molar-refractivity contribution in [2.75, 3.05) is 0 Å². The van der Waals surface area contributed by atoms with Crippen molar-refractivity contribution in [2.24, 2.45) is 0 Å². The first-order chi connectivity index (χ1) is 11.2. The Morgan fingerprint density at radius 3 is 2.74 bits per heavy atom. The largest absolute Gasteiger partial charge is 0.308 e. The van der Waals surface area contributed by atoms with Gasteiger partial charge < -0.3 is 4.57 Å². The van der Waals surface area contributed by atoms with Crippen LogP contribution in [0, 0.1) is 0 Å². The van der Waals surface area contributed by atoms with Gasteiger partial charge in [0.2, 0.25) is 0 Å². The molecule has 4 nitrogen and oxygen atoms in total. The van der Waals surface area contributed by atoms with Crippen LogP contribution in [0.5, 0.6) is 0 Å². The maximum Gasteiger partial charge on any atom is 0.250 e. The van der Waals surface area contributed by atoms with E-state index in [-0.39, 0.29) is 5.56 Å². The van der Waals surface area contributed by atoms with E-state index in [0.717, 1.165) is 30.6 Å². The van der Waals surface area contributed by atoms with Crippen LogP contribution in [0.4, 0.5) is 0 Å². The lowest BCUT2D eigenvalue weighted by molar-refractivity contribution is 0.697. The van der Waals surface area contributed by atoms with Crippen LogP contribution in [0.15, 0.2) is 53.5 Å². The quantitative estimate of drug-likeness (QED) is 0.741. The summed E-state index contributed by atoms with van der Waals surface area (Å²) in [6, 6.07) is 13.3. The molecule has 0 aliphatic heterocycles. The molecule has 0 amide bonds. The molecule has 0 saturated heterocycles. The van der Waals surface area contributed by atoms with Crippen molar-refractivity contribution >= 4 is 11.6 Å². The molecule has 3 aromatic rings. The zero-order chi connectivity index (χ0) is 15.8. The molecule has 2 heterocycles. The van der Waals surface area contributed by atoms with Crippen molar-refractivity contribution in [3.63, 3.8) is 0 Å². The molecule has 0 radical (unpaired) electrons. The molecule has 0 saturated carbocycles. The van der Waals surface area contributed by atoms with E-state index in [0.29, 0.717) is 11.6 Å². The first-order valence-corrected chi connectivity index (χ1v) is 8.11. The molecular formula is C18H16ClN3O. The summed E-state index contributed by atoms with van der Waals surface area (Å²) in [5.41, 5.74) is 4.51. The van der Waals surface area contributed by atoms with Gasteiger partial charge in [0.05, 0.1) is 22.9 Å². The normalized spacial score (nSPS) is 13.3. The summed E-state index contributed by atoms with van der Waals surface area (Å²) in [5, 5.41) is 5.34. The smallest absolute Gasteiger partial charge is 0.250 e. The highest BCUT2D eigenvalue weighted by atomic mass is 35.5. The van der Waals surface area contributed by atoms with Gasteiger partial charge in [0.25, 0.3) is 5.56 Å². The molecule has 0 unspecified atom stereocenters. The van der Waals surface area contributed by atoms with E-state index in [1.54, 1.807) is 16.8 Å². The average molecular weight is 326 g/mol. The standard InChI is InChI=1S/C18H16ClN3O/c19-13-9-10-18(23)21(11-13)12-16-15-7-4-8-17(15)22(20-16)14-5-2-1-3-6-14/h1-3,5-6,9-11H,4,7-8,12H2. The van der Waals surface area contributed by atoms with E-state index < -0.39 is 0 Å². The summed E-state index contributed by atoms with van der Waals surface area (Å²) in [6.45, 7) is 0.460. The number of halogens is 1. The SMILES string of the molecule is O=c1ccc(Cl)cn1Cc1nn(-c2ccccc2)c2c1CCC2. The maximum absolute atomic E-state index is 12.0. The van der Waals surface area contributed by atoms with Crippen LogP contribution in [-0.4, -0.2) is 14.3 Å². The summed E-state index contributed by atoms with van der Waals surface area (Å²) in [5.74, 6) is 0. The number of pyridine rings is 1. The second-order valence-corrected chi connectivity index (χ2v) is 6.22. The number of nitrogens with zero attached hydrogens (tertiary/aromatic N) is 3. The van der Waals surface area contributed by atoms with Crippen molar-refractivity contribution in [1.29, 1.82) is 0 Å². The Bertz CT molecular complexity index is 912. The molecule has 116 valence electrons. The molecule has 5 heteroatoms. The minimum absolute atomic E-state index is 0.0598. The third-order valence-electron chi connectivity index (χ3n) is 4.28. The third kappa shape index (κ3) is 2.59. The topological polar surface area (TPSA) is 39.8 Å². The van der Waals surface area contributed by atoms with Crippen LogP contribution < -0.4 is 5.56 Å². The second kappa shape index (κ2) is 5.70. The predicted molar refractivity (Wildman–Crippen MR) is 90.4 cm³/mol. The van der Waals surface area contributed by atoms with Gasteiger partial charge in [-0.2, -0.15) is 5.10 Å². The van der Waals surface area contributed by atoms with Gasteiger partial charge in [-0.1, -0.05) is 29.8 Å². The molecule has 2 aromatic heterocycles. The van der Waals surface area contributed by atoms with E-state index in [2.05, 4.69) is 12.1 Å². The Kier molecular flexibility index (Phi) is 3.54. The van der Waals surface area contributed by atoms with E-state index in [4.69, 9.17) is 16.7 Å². The molecule has 0 fully saturated rings. The molecule has 1 aliphatic rings. The van der Waals surface area contributed by atoms with Gasteiger partial charge in [0.15, 0.2) is 0 Å². The van der Waals surface area contributed by atoms with E-state index in [1.165, 1.54) is 17.3 Å². The van der Waals surface area contributed by atoms with Gasteiger partial charge in [0, 0.05) is 18.0 Å². The summed E-state index contributed by atoms with van der Waals surface area (Å²) < 4.78 is 3.64. The van der Waals surface area contributed by atoms with Crippen LogP contribution in [-0.2, 0) is 19.4 Å². The van der Waals surface area contributed by atoms with Crippen molar-refractivity contribution in [3.8, 4) is 5.69 Å². The number of aromatic nitrogens is 3. The fourth-order valence-electron chi connectivity index (χ4n) is 3.21. The van der Waals surface area contributed by atoms with Crippen molar-refractivity contribution in [1.82, 2.24) is 14.3 Å². The Labute approximate surface area is 139 Å². The lowest BCUT2D eigenvalue weighted by Gasteiger charge is -2.06. The molecular weight excluding hydrogens is 310 g/mol. The van der Waals surface area contributed by atoms with Crippen molar-refractivity contribution < 1.29 is 0 Å². The Hall–Kier alpha value is -2.33. The number of benzene rings is 1. The van der Waals surface area contributed by atoms with Gasteiger partial charge in [-0.25, -0.2) is 4.68 Å². The minimum Gasteiger partial charge on any atom is -0.308 e. The Morgan fingerprint density at radius 1 is 1.09 bits per heavy atom. The third-order valence-corrected chi connectivity index (χ3v) is 4.51. The van der Waals surface area contributed by atoms with Crippen LogP contribution in [0.3, 0.4) is 0 Å². The monoisotopic (exact) mass is 325 g/mol. The van der Waals surface area contributed by atoms with Crippen molar-refractivity contribution in [3.05, 3.63) is 81.0 Å². The molecule has 1 aromatic carbocycles. The first-order valence-electron chi connectivity index (χ1n) is 7.73. The van der Waals surface area contributed by atoms with Gasteiger partial charge in [0.1, 0.15) is 0 Å².